The molecule has 0 saturated heterocycles. The second kappa shape index (κ2) is 5.28. The zero-order chi connectivity index (χ0) is 13.2. The fraction of sp³-hybridized carbons (Fsp3) is 0.538. The molecule has 1 aromatic carbocycles. The van der Waals surface area contributed by atoms with E-state index in [-0.39, 0.29) is 16.7 Å². The molecular weight excluding hydrogens is 250 g/mol. The van der Waals surface area contributed by atoms with Gasteiger partial charge in [-0.2, -0.15) is 0 Å². The van der Waals surface area contributed by atoms with Gasteiger partial charge < -0.3 is 5.11 Å². The normalized spacial score (nSPS) is 24.9. The van der Waals surface area contributed by atoms with Crippen molar-refractivity contribution in [1.29, 1.82) is 0 Å². The smallest absolute Gasteiger partial charge is 0.240 e. The van der Waals surface area contributed by atoms with Crippen molar-refractivity contribution in [2.45, 2.75) is 43.5 Å². The molecule has 0 spiro atoms. The van der Waals surface area contributed by atoms with Crippen LogP contribution < -0.4 is 4.72 Å². The third-order valence-corrected chi connectivity index (χ3v) is 5.03. The van der Waals surface area contributed by atoms with Crippen molar-refractivity contribution in [3.63, 3.8) is 0 Å². The summed E-state index contributed by atoms with van der Waals surface area (Å²) in [7, 11) is -3.53. The van der Waals surface area contributed by atoms with E-state index in [4.69, 9.17) is 0 Å². The van der Waals surface area contributed by atoms with Crippen LogP contribution in [0.5, 0.6) is 5.75 Å². The highest BCUT2D eigenvalue weighted by molar-refractivity contribution is 7.89. The molecule has 1 fully saturated rings. The Balaban J connectivity index is 2.16. The van der Waals surface area contributed by atoms with Crippen molar-refractivity contribution in [1.82, 2.24) is 4.72 Å². The van der Waals surface area contributed by atoms with Gasteiger partial charge in [-0.3, -0.25) is 0 Å². The molecule has 1 aliphatic rings. The lowest BCUT2D eigenvalue weighted by Crippen LogP contribution is -2.40. The van der Waals surface area contributed by atoms with E-state index >= 15 is 0 Å². The third kappa shape index (κ3) is 3.03. The first-order valence-corrected chi connectivity index (χ1v) is 7.79. The Hall–Kier alpha value is -1.07. The fourth-order valence-electron chi connectivity index (χ4n) is 2.41. The molecule has 0 aromatic heterocycles. The van der Waals surface area contributed by atoms with E-state index in [2.05, 4.69) is 11.6 Å². The Kier molecular flexibility index (Phi) is 3.92. The lowest BCUT2D eigenvalue weighted by atomic mass is 9.87. The lowest BCUT2D eigenvalue weighted by molar-refractivity contribution is 0.310. The second-order valence-electron chi connectivity index (χ2n) is 4.99. The lowest BCUT2D eigenvalue weighted by Gasteiger charge is -2.29. The molecule has 0 aliphatic heterocycles. The Morgan fingerprint density at radius 3 is 2.67 bits per heavy atom. The monoisotopic (exact) mass is 269 g/mol. The Morgan fingerprint density at radius 2 is 2.00 bits per heavy atom. The zero-order valence-corrected chi connectivity index (χ0v) is 11.3. The molecule has 18 heavy (non-hydrogen) atoms. The van der Waals surface area contributed by atoms with Crippen molar-refractivity contribution in [2.24, 2.45) is 5.92 Å². The van der Waals surface area contributed by atoms with E-state index < -0.39 is 10.0 Å². The van der Waals surface area contributed by atoms with Crippen LogP contribution in [0.1, 0.15) is 32.6 Å². The number of nitrogens with one attached hydrogen (secondary N) is 1. The van der Waals surface area contributed by atoms with Gasteiger partial charge in [0.25, 0.3) is 0 Å². The van der Waals surface area contributed by atoms with Crippen LogP contribution >= 0.6 is 0 Å². The van der Waals surface area contributed by atoms with E-state index in [0.29, 0.717) is 5.92 Å². The number of hydrogen-bond acceptors (Lipinski definition) is 3. The maximum absolute atomic E-state index is 12.2. The molecule has 2 N–H and O–H groups in total. The summed E-state index contributed by atoms with van der Waals surface area (Å²) in [6, 6.07) is 5.77. The van der Waals surface area contributed by atoms with Gasteiger partial charge in [-0.25, -0.2) is 13.1 Å². The van der Waals surface area contributed by atoms with Crippen molar-refractivity contribution < 1.29 is 13.5 Å². The number of phenolic OH excluding ortho intramolecular Hbond substituents is 1. The molecule has 1 aliphatic carbocycles. The Labute approximate surface area is 108 Å². The second-order valence-corrected chi connectivity index (χ2v) is 6.70. The molecule has 2 atom stereocenters. The number of sulfonamides is 1. The average molecular weight is 269 g/mol. The molecule has 4 nitrogen and oxygen atoms in total. The largest absolute Gasteiger partial charge is 0.508 e. The van der Waals surface area contributed by atoms with Gasteiger partial charge in [0.1, 0.15) is 5.75 Å². The van der Waals surface area contributed by atoms with Crippen LogP contribution in [0.4, 0.5) is 0 Å². The Bertz CT molecular complexity index is 513. The van der Waals surface area contributed by atoms with Gasteiger partial charge in [0.05, 0.1) is 4.90 Å². The van der Waals surface area contributed by atoms with E-state index in [1.807, 2.05) is 0 Å². The summed E-state index contributed by atoms with van der Waals surface area (Å²) >= 11 is 0. The van der Waals surface area contributed by atoms with Crippen molar-refractivity contribution >= 4 is 10.0 Å². The van der Waals surface area contributed by atoms with E-state index in [0.717, 1.165) is 19.3 Å². The maximum atomic E-state index is 12.2. The SMILES string of the molecule is CC1CCCCC1NS(=O)(=O)c1cccc(O)c1. The first kappa shape index (κ1) is 13.4. The van der Waals surface area contributed by atoms with Gasteiger partial charge in [0.15, 0.2) is 0 Å². The highest BCUT2D eigenvalue weighted by Gasteiger charge is 2.26. The molecule has 2 rings (SSSR count). The molecule has 0 radical (unpaired) electrons. The van der Waals surface area contributed by atoms with Crippen LogP contribution in [-0.4, -0.2) is 19.6 Å². The molecule has 0 amide bonds. The molecular formula is C13H19NO3S. The van der Waals surface area contributed by atoms with Crippen molar-refractivity contribution in [3.05, 3.63) is 24.3 Å². The average Bonchev–Trinajstić information content (AvgIpc) is 2.32. The number of aromatic hydroxyl groups is 1. The first-order chi connectivity index (χ1) is 8.49. The summed E-state index contributed by atoms with van der Waals surface area (Å²) in [6.07, 6.45) is 4.19. The quantitative estimate of drug-likeness (QED) is 0.884. The van der Waals surface area contributed by atoms with Crippen molar-refractivity contribution in [3.8, 4) is 5.75 Å². The van der Waals surface area contributed by atoms with E-state index in [9.17, 15) is 13.5 Å². The molecule has 5 heteroatoms. The molecule has 100 valence electrons. The summed E-state index contributed by atoms with van der Waals surface area (Å²) in [6.45, 7) is 2.08. The summed E-state index contributed by atoms with van der Waals surface area (Å²) in [5.41, 5.74) is 0. The number of hydrogen-bond donors (Lipinski definition) is 2. The number of rotatable bonds is 3. The standard InChI is InChI=1S/C13H19NO3S/c1-10-5-2-3-8-13(10)14-18(16,17)12-7-4-6-11(15)9-12/h4,6-7,9-10,13-15H,2-3,5,8H2,1H3. The van der Waals surface area contributed by atoms with E-state index in [1.165, 1.54) is 30.7 Å². The summed E-state index contributed by atoms with van der Waals surface area (Å²) in [5, 5.41) is 9.34. The van der Waals surface area contributed by atoms with Gasteiger partial charge in [-0.1, -0.05) is 25.8 Å². The zero-order valence-electron chi connectivity index (χ0n) is 10.5. The molecule has 2 unspecified atom stereocenters. The van der Waals surface area contributed by atoms with Gasteiger partial charge in [-0.05, 0) is 37.0 Å². The van der Waals surface area contributed by atoms with Gasteiger partial charge in [0.2, 0.25) is 10.0 Å². The van der Waals surface area contributed by atoms with Crippen LogP contribution in [0.25, 0.3) is 0 Å². The molecule has 0 heterocycles. The highest BCUT2D eigenvalue weighted by Crippen LogP contribution is 2.25. The van der Waals surface area contributed by atoms with Crippen molar-refractivity contribution in [2.75, 3.05) is 0 Å². The van der Waals surface area contributed by atoms with Crippen LogP contribution in [0.15, 0.2) is 29.2 Å². The number of benzene rings is 1. The molecule has 0 bridgehead atoms. The molecule has 1 aromatic rings. The Morgan fingerprint density at radius 1 is 1.28 bits per heavy atom. The number of phenols is 1. The van der Waals surface area contributed by atoms with E-state index in [1.54, 1.807) is 0 Å². The summed E-state index contributed by atoms with van der Waals surface area (Å²) in [4.78, 5) is 0.125. The minimum absolute atomic E-state index is 0.00565. The summed E-state index contributed by atoms with van der Waals surface area (Å²) in [5.74, 6) is 0.334. The first-order valence-electron chi connectivity index (χ1n) is 6.30. The van der Waals surface area contributed by atoms with Crippen LogP contribution in [0.2, 0.25) is 0 Å². The predicted molar refractivity (Wildman–Crippen MR) is 69.8 cm³/mol. The highest BCUT2D eigenvalue weighted by atomic mass is 32.2. The maximum Gasteiger partial charge on any atom is 0.240 e. The minimum atomic E-state index is -3.53. The van der Waals surface area contributed by atoms with Gasteiger partial charge >= 0.3 is 0 Å². The third-order valence-electron chi connectivity index (χ3n) is 3.55. The van der Waals surface area contributed by atoms with Crippen LogP contribution in [0, 0.1) is 5.92 Å². The fourth-order valence-corrected chi connectivity index (χ4v) is 3.83. The van der Waals surface area contributed by atoms with Gasteiger partial charge in [0, 0.05) is 6.04 Å². The van der Waals surface area contributed by atoms with Gasteiger partial charge in [-0.15, -0.1) is 0 Å². The van der Waals surface area contributed by atoms with Crippen LogP contribution in [-0.2, 0) is 10.0 Å². The topological polar surface area (TPSA) is 66.4 Å². The molecule has 1 saturated carbocycles. The minimum Gasteiger partial charge on any atom is -0.508 e. The van der Waals surface area contributed by atoms with Crippen LogP contribution in [0.3, 0.4) is 0 Å². The predicted octanol–water partition coefficient (Wildman–Crippen LogP) is 2.25. The summed E-state index contributed by atoms with van der Waals surface area (Å²) < 4.78 is 27.1.